The normalized spacial score (nSPS) is 17.5. The van der Waals surface area contributed by atoms with E-state index in [4.69, 9.17) is 5.84 Å². The van der Waals surface area contributed by atoms with Gasteiger partial charge in [0.25, 0.3) is 0 Å². The van der Waals surface area contributed by atoms with Crippen molar-refractivity contribution in [3.8, 4) is 0 Å². The van der Waals surface area contributed by atoms with Gasteiger partial charge in [-0.25, -0.2) is 15.8 Å². The summed E-state index contributed by atoms with van der Waals surface area (Å²) < 4.78 is 0. The van der Waals surface area contributed by atoms with E-state index in [0.717, 1.165) is 30.2 Å². The van der Waals surface area contributed by atoms with Crippen LogP contribution in [0.2, 0.25) is 0 Å². The van der Waals surface area contributed by atoms with E-state index in [1.807, 2.05) is 13.8 Å². The first-order valence-corrected chi connectivity index (χ1v) is 7.16. The van der Waals surface area contributed by atoms with Gasteiger partial charge in [0, 0.05) is 18.5 Å². The van der Waals surface area contributed by atoms with Crippen molar-refractivity contribution in [1.29, 1.82) is 0 Å². The summed E-state index contributed by atoms with van der Waals surface area (Å²) in [6, 6.07) is 0. The Morgan fingerprint density at radius 3 is 2.42 bits per heavy atom. The second-order valence-corrected chi connectivity index (χ2v) is 5.83. The van der Waals surface area contributed by atoms with E-state index in [-0.39, 0.29) is 0 Å². The summed E-state index contributed by atoms with van der Waals surface area (Å²) in [7, 11) is 0. The number of nitrogens with zero attached hydrogens (tertiary/aromatic N) is 2. The number of hydrogen-bond acceptors (Lipinski definition) is 5. The maximum atomic E-state index is 5.52. The number of nitrogen functional groups attached to an aromatic ring is 1. The highest BCUT2D eigenvalue weighted by Crippen LogP contribution is 2.37. The molecular weight excluding hydrogens is 238 g/mol. The van der Waals surface area contributed by atoms with Gasteiger partial charge in [0.05, 0.1) is 0 Å². The van der Waals surface area contributed by atoms with Gasteiger partial charge in [-0.3, -0.25) is 0 Å². The van der Waals surface area contributed by atoms with Crippen LogP contribution in [0.5, 0.6) is 0 Å². The second-order valence-electron chi connectivity index (χ2n) is 5.83. The third-order valence-corrected chi connectivity index (χ3v) is 4.14. The monoisotopic (exact) mass is 263 g/mol. The summed E-state index contributed by atoms with van der Waals surface area (Å²) in [6.45, 7) is 7.37. The van der Waals surface area contributed by atoms with E-state index in [2.05, 4.69) is 27.6 Å². The van der Waals surface area contributed by atoms with Crippen LogP contribution < -0.4 is 16.6 Å². The molecule has 1 saturated carbocycles. The number of aromatic nitrogens is 2. The first kappa shape index (κ1) is 14.1. The third-order valence-electron chi connectivity index (χ3n) is 4.14. The average molecular weight is 263 g/mol. The van der Waals surface area contributed by atoms with E-state index in [9.17, 15) is 0 Å². The zero-order valence-electron chi connectivity index (χ0n) is 12.2. The van der Waals surface area contributed by atoms with Crippen LogP contribution in [-0.2, 0) is 6.42 Å². The Labute approximate surface area is 115 Å². The van der Waals surface area contributed by atoms with Crippen molar-refractivity contribution in [2.75, 3.05) is 17.3 Å². The fraction of sp³-hybridized carbons (Fsp3) is 0.714. The van der Waals surface area contributed by atoms with E-state index < -0.39 is 0 Å². The molecule has 2 rings (SSSR count). The zero-order valence-corrected chi connectivity index (χ0v) is 12.2. The molecule has 1 aliphatic rings. The highest BCUT2D eigenvalue weighted by atomic mass is 15.3. The van der Waals surface area contributed by atoms with Crippen molar-refractivity contribution >= 4 is 11.6 Å². The SMILES string of the molecule is CCc1nc(NN)c(C)c(NCC2(C)CCCC2)n1. The van der Waals surface area contributed by atoms with Gasteiger partial charge in [-0.1, -0.05) is 26.7 Å². The molecule has 0 saturated heterocycles. The largest absolute Gasteiger partial charge is 0.369 e. The molecule has 0 aromatic carbocycles. The molecule has 5 heteroatoms. The highest BCUT2D eigenvalue weighted by Gasteiger charge is 2.28. The molecule has 19 heavy (non-hydrogen) atoms. The molecule has 0 atom stereocenters. The maximum absolute atomic E-state index is 5.52. The molecule has 1 aliphatic carbocycles. The number of hydrogen-bond donors (Lipinski definition) is 3. The lowest BCUT2D eigenvalue weighted by Crippen LogP contribution is -2.24. The average Bonchev–Trinajstić information content (AvgIpc) is 2.85. The molecule has 0 unspecified atom stereocenters. The Hall–Kier alpha value is -1.36. The topological polar surface area (TPSA) is 75.9 Å². The minimum absolute atomic E-state index is 0.403. The van der Waals surface area contributed by atoms with Crippen molar-refractivity contribution in [3.63, 3.8) is 0 Å². The highest BCUT2D eigenvalue weighted by molar-refractivity contribution is 5.56. The van der Waals surface area contributed by atoms with Crippen molar-refractivity contribution in [1.82, 2.24) is 9.97 Å². The van der Waals surface area contributed by atoms with Crippen molar-refractivity contribution in [3.05, 3.63) is 11.4 Å². The lowest BCUT2D eigenvalue weighted by molar-refractivity contribution is 0.361. The fourth-order valence-corrected chi connectivity index (χ4v) is 2.74. The standard InChI is InChI=1S/C14H25N5/c1-4-11-17-12(10(2)13(18-11)19-15)16-9-14(3)7-5-6-8-14/h4-9,15H2,1-3H3,(H2,16,17,18,19). The molecule has 1 aromatic rings. The second kappa shape index (κ2) is 5.74. The third kappa shape index (κ3) is 3.15. The molecule has 0 amide bonds. The van der Waals surface area contributed by atoms with Crippen molar-refractivity contribution in [2.24, 2.45) is 11.3 Å². The first-order valence-electron chi connectivity index (χ1n) is 7.16. The van der Waals surface area contributed by atoms with Crippen LogP contribution in [0.4, 0.5) is 11.6 Å². The molecule has 1 heterocycles. The lowest BCUT2D eigenvalue weighted by Gasteiger charge is -2.25. The van der Waals surface area contributed by atoms with Crippen LogP contribution >= 0.6 is 0 Å². The molecule has 0 bridgehead atoms. The number of rotatable bonds is 5. The summed E-state index contributed by atoms with van der Waals surface area (Å²) in [4.78, 5) is 8.95. The quantitative estimate of drug-likeness (QED) is 0.562. The van der Waals surface area contributed by atoms with Crippen molar-refractivity contribution < 1.29 is 0 Å². The Balaban J connectivity index is 2.14. The van der Waals surface area contributed by atoms with E-state index in [0.29, 0.717) is 11.2 Å². The predicted octanol–water partition coefficient (Wildman–Crippen LogP) is 2.63. The Morgan fingerprint density at radius 2 is 1.84 bits per heavy atom. The number of nitrogens with two attached hydrogens (primary N) is 1. The van der Waals surface area contributed by atoms with Gasteiger partial charge < -0.3 is 10.7 Å². The summed E-state index contributed by atoms with van der Waals surface area (Å²) in [5, 5.41) is 3.50. The van der Waals surface area contributed by atoms with E-state index in [1.165, 1.54) is 25.7 Å². The number of nitrogens with one attached hydrogen (secondary N) is 2. The molecular formula is C14H25N5. The minimum Gasteiger partial charge on any atom is -0.369 e. The van der Waals surface area contributed by atoms with Crippen LogP contribution in [-0.4, -0.2) is 16.5 Å². The van der Waals surface area contributed by atoms with E-state index >= 15 is 0 Å². The number of anilines is 2. The molecule has 106 valence electrons. The molecule has 0 aliphatic heterocycles. The van der Waals surface area contributed by atoms with Gasteiger partial charge in [0.15, 0.2) is 0 Å². The summed E-state index contributed by atoms with van der Waals surface area (Å²) in [5.41, 5.74) is 4.05. The van der Waals surface area contributed by atoms with Crippen LogP contribution in [0.3, 0.4) is 0 Å². The van der Waals surface area contributed by atoms with Crippen LogP contribution in [0.25, 0.3) is 0 Å². The minimum atomic E-state index is 0.403. The van der Waals surface area contributed by atoms with Crippen LogP contribution in [0.15, 0.2) is 0 Å². The Morgan fingerprint density at radius 1 is 1.21 bits per heavy atom. The van der Waals surface area contributed by atoms with Gasteiger partial charge in [0.2, 0.25) is 0 Å². The van der Waals surface area contributed by atoms with Gasteiger partial charge in [-0.15, -0.1) is 0 Å². The molecule has 1 fully saturated rings. The maximum Gasteiger partial charge on any atom is 0.148 e. The van der Waals surface area contributed by atoms with Crippen molar-refractivity contribution in [2.45, 2.75) is 52.9 Å². The molecule has 0 radical (unpaired) electrons. The predicted molar refractivity (Wildman–Crippen MR) is 79.0 cm³/mol. The Bertz CT molecular complexity index is 438. The first-order chi connectivity index (χ1) is 9.08. The number of hydrazine groups is 1. The Kier molecular flexibility index (Phi) is 4.24. The summed E-state index contributed by atoms with van der Waals surface area (Å²) in [6.07, 6.45) is 6.09. The van der Waals surface area contributed by atoms with Gasteiger partial charge in [-0.2, -0.15) is 0 Å². The van der Waals surface area contributed by atoms with Crippen LogP contribution in [0, 0.1) is 12.3 Å². The molecule has 0 spiro atoms. The van der Waals surface area contributed by atoms with Crippen LogP contribution in [0.1, 0.15) is 50.9 Å². The summed E-state index contributed by atoms with van der Waals surface area (Å²) >= 11 is 0. The number of aryl methyl sites for hydroxylation is 1. The van der Waals surface area contributed by atoms with Gasteiger partial charge in [-0.05, 0) is 25.2 Å². The molecule has 4 N–H and O–H groups in total. The smallest absolute Gasteiger partial charge is 0.148 e. The molecule has 5 nitrogen and oxygen atoms in total. The van der Waals surface area contributed by atoms with E-state index in [1.54, 1.807) is 0 Å². The zero-order chi connectivity index (χ0) is 13.9. The molecule has 1 aromatic heterocycles. The fourth-order valence-electron chi connectivity index (χ4n) is 2.74. The summed E-state index contributed by atoms with van der Waals surface area (Å²) in [5.74, 6) is 7.96. The lowest BCUT2D eigenvalue weighted by atomic mass is 9.89. The van der Waals surface area contributed by atoms with Gasteiger partial charge in [0.1, 0.15) is 17.5 Å². The van der Waals surface area contributed by atoms with Gasteiger partial charge >= 0.3 is 0 Å².